The standard InChI is InChI=1S/C15H18N4O4/c1-18-9-15(22-14(18)20)5-3-6-19(10-15)8-12-16-13(23-17-12)11-4-2-7-21-11/h2,4,7H,3,5-6,8-10H2,1H3/t15-/m1/s1. The lowest BCUT2D eigenvalue weighted by molar-refractivity contribution is -0.0122. The van der Waals surface area contributed by atoms with Crippen molar-refractivity contribution in [2.75, 3.05) is 26.7 Å². The number of carbonyl (C=O) groups excluding carboxylic acids is 1. The zero-order valence-corrected chi connectivity index (χ0v) is 12.9. The fourth-order valence-corrected chi connectivity index (χ4v) is 3.35. The predicted molar refractivity (Wildman–Crippen MR) is 78.4 cm³/mol. The van der Waals surface area contributed by atoms with Crippen molar-refractivity contribution in [2.45, 2.75) is 25.0 Å². The van der Waals surface area contributed by atoms with E-state index in [0.29, 0.717) is 37.1 Å². The molecule has 2 aliphatic rings. The summed E-state index contributed by atoms with van der Waals surface area (Å²) in [5.41, 5.74) is -0.405. The molecule has 0 radical (unpaired) electrons. The molecule has 0 saturated carbocycles. The first-order valence-corrected chi connectivity index (χ1v) is 7.67. The van der Waals surface area contributed by atoms with E-state index >= 15 is 0 Å². The Kier molecular flexibility index (Phi) is 3.33. The molecule has 0 bridgehead atoms. The van der Waals surface area contributed by atoms with E-state index in [4.69, 9.17) is 13.7 Å². The lowest BCUT2D eigenvalue weighted by atomic mass is 9.93. The average molecular weight is 318 g/mol. The number of hydrogen-bond acceptors (Lipinski definition) is 7. The molecule has 2 fully saturated rings. The van der Waals surface area contributed by atoms with E-state index in [9.17, 15) is 4.79 Å². The van der Waals surface area contributed by atoms with E-state index < -0.39 is 5.60 Å². The maximum absolute atomic E-state index is 11.7. The normalized spacial score (nSPS) is 25.3. The second-order valence-corrected chi connectivity index (χ2v) is 6.21. The fourth-order valence-electron chi connectivity index (χ4n) is 3.35. The quantitative estimate of drug-likeness (QED) is 0.852. The summed E-state index contributed by atoms with van der Waals surface area (Å²) >= 11 is 0. The van der Waals surface area contributed by atoms with Crippen LogP contribution in [0.3, 0.4) is 0 Å². The van der Waals surface area contributed by atoms with Crippen LogP contribution in [0.1, 0.15) is 18.7 Å². The molecule has 0 N–H and O–H groups in total. The third kappa shape index (κ3) is 2.70. The molecule has 2 saturated heterocycles. The molecule has 4 heterocycles. The first-order chi connectivity index (χ1) is 11.1. The number of rotatable bonds is 3. The third-order valence-corrected chi connectivity index (χ3v) is 4.32. The Balaban J connectivity index is 1.44. The van der Waals surface area contributed by atoms with Gasteiger partial charge in [0.25, 0.3) is 5.89 Å². The lowest BCUT2D eigenvalue weighted by Gasteiger charge is -2.37. The molecule has 8 nitrogen and oxygen atoms in total. The van der Waals surface area contributed by atoms with Crippen LogP contribution in [0.4, 0.5) is 4.79 Å². The highest BCUT2D eigenvalue weighted by atomic mass is 16.6. The molecule has 2 aromatic heterocycles. The van der Waals surface area contributed by atoms with Crippen LogP contribution in [0.25, 0.3) is 11.7 Å². The third-order valence-electron chi connectivity index (χ3n) is 4.32. The summed E-state index contributed by atoms with van der Waals surface area (Å²) < 4.78 is 16.1. The number of hydrogen-bond donors (Lipinski definition) is 0. The van der Waals surface area contributed by atoms with Gasteiger partial charge in [0.05, 0.1) is 19.4 Å². The van der Waals surface area contributed by atoms with E-state index in [2.05, 4.69) is 15.0 Å². The predicted octanol–water partition coefficient (Wildman–Crippen LogP) is 1.75. The van der Waals surface area contributed by atoms with Crippen molar-refractivity contribution in [1.82, 2.24) is 19.9 Å². The van der Waals surface area contributed by atoms with E-state index in [1.54, 1.807) is 30.3 Å². The van der Waals surface area contributed by atoms with Crippen LogP contribution in [0.5, 0.6) is 0 Å². The summed E-state index contributed by atoms with van der Waals surface area (Å²) in [6, 6.07) is 3.56. The lowest BCUT2D eigenvalue weighted by Crippen LogP contribution is -2.50. The van der Waals surface area contributed by atoms with E-state index in [0.717, 1.165) is 19.4 Å². The Morgan fingerprint density at radius 1 is 1.39 bits per heavy atom. The van der Waals surface area contributed by atoms with Crippen LogP contribution in [-0.4, -0.2) is 58.3 Å². The Morgan fingerprint density at radius 2 is 2.30 bits per heavy atom. The topological polar surface area (TPSA) is 84.8 Å². The molecule has 0 unspecified atom stereocenters. The number of nitrogens with zero attached hydrogens (tertiary/aromatic N) is 4. The van der Waals surface area contributed by atoms with Crippen LogP contribution in [0.2, 0.25) is 0 Å². The van der Waals surface area contributed by atoms with Crippen molar-refractivity contribution in [3.63, 3.8) is 0 Å². The minimum Gasteiger partial charge on any atom is -0.459 e. The monoisotopic (exact) mass is 318 g/mol. The van der Waals surface area contributed by atoms with Gasteiger partial charge >= 0.3 is 6.09 Å². The highest BCUT2D eigenvalue weighted by Gasteiger charge is 2.46. The smallest absolute Gasteiger partial charge is 0.410 e. The molecule has 0 aliphatic carbocycles. The van der Waals surface area contributed by atoms with E-state index in [-0.39, 0.29) is 6.09 Å². The van der Waals surface area contributed by atoms with Gasteiger partial charge in [-0.05, 0) is 31.5 Å². The number of amides is 1. The van der Waals surface area contributed by atoms with Gasteiger partial charge in [-0.3, -0.25) is 4.90 Å². The van der Waals surface area contributed by atoms with Crippen LogP contribution in [0.15, 0.2) is 27.3 Å². The van der Waals surface area contributed by atoms with Gasteiger partial charge < -0.3 is 18.6 Å². The molecular formula is C15H18N4O4. The number of likely N-dealkylation sites (N-methyl/N-ethyl adjacent to an activating group) is 1. The van der Waals surface area contributed by atoms with Gasteiger partial charge in [0.1, 0.15) is 5.60 Å². The van der Waals surface area contributed by atoms with E-state index in [1.807, 2.05) is 0 Å². The van der Waals surface area contributed by atoms with Gasteiger partial charge in [-0.25, -0.2) is 4.79 Å². The zero-order chi connectivity index (χ0) is 15.9. The van der Waals surface area contributed by atoms with Crippen molar-refractivity contribution in [3.8, 4) is 11.7 Å². The maximum Gasteiger partial charge on any atom is 0.410 e. The zero-order valence-electron chi connectivity index (χ0n) is 12.9. The van der Waals surface area contributed by atoms with Gasteiger partial charge in [-0.1, -0.05) is 5.16 Å². The SMILES string of the molecule is CN1C[C@@]2(CCCN(Cc3noc(-c4ccco4)n3)C2)OC1=O. The summed E-state index contributed by atoms with van der Waals surface area (Å²) in [6.07, 6.45) is 3.19. The summed E-state index contributed by atoms with van der Waals surface area (Å²) in [6.45, 7) is 2.81. The van der Waals surface area contributed by atoms with Crippen LogP contribution in [0, 0.1) is 0 Å². The molecule has 1 amide bonds. The Morgan fingerprint density at radius 3 is 3.04 bits per heavy atom. The van der Waals surface area contributed by atoms with Crippen molar-refractivity contribution >= 4 is 6.09 Å². The maximum atomic E-state index is 11.7. The molecule has 23 heavy (non-hydrogen) atoms. The number of carbonyl (C=O) groups is 1. The number of furan rings is 1. The molecule has 122 valence electrons. The van der Waals surface area contributed by atoms with Gasteiger partial charge in [0, 0.05) is 13.6 Å². The second-order valence-electron chi connectivity index (χ2n) is 6.21. The number of likely N-dealkylation sites (tertiary alicyclic amines) is 1. The van der Waals surface area contributed by atoms with Gasteiger partial charge in [0.2, 0.25) is 0 Å². The van der Waals surface area contributed by atoms with Crippen molar-refractivity contribution in [2.24, 2.45) is 0 Å². The Labute approximate surface area is 133 Å². The first-order valence-electron chi connectivity index (χ1n) is 7.67. The van der Waals surface area contributed by atoms with Crippen LogP contribution >= 0.6 is 0 Å². The molecule has 1 atom stereocenters. The van der Waals surface area contributed by atoms with Gasteiger partial charge in [0.15, 0.2) is 11.6 Å². The average Bonchev–Trinajstić information content (AvgIpc) is 3.21. The summed E-state index contributed by atoms with van der Waals surface area (Å²) in [4.78, 5) is 19.9. The van der Waals surface area contributed by atoms with Crippen molar-refractivity contribution < 1.29 is 18.5 Å². The minimum atomic E-state index is -0.405. The molecule has 2 aliphatic heterocycles. The molecule has 8 heteroatoms. The molecule has 4 rings (SSSR count). The minimum absolute atomic E-state index is 0.244. The number of ether oxygens (including phenoxy) is 1. The second kappa shape index (κ2) is 5.38. The van der Waals surface area contributed by atoms with E-state index in [1.165, 1.54) is 0 Å². The highest BCUT2D eigenvalue weighted by Crippen LogP contribution is 2.31. The highest BCUT2D eigenvalue weighted by molar-refractivity contribution is 5.70. The van der Waals surface area contributed by atoms with Crippen LogP contribution < -0.4 is 0 Å². The molecule has 0 aromatic carbocycles. The fraction of sp³-hybridized carbons (Fsp3) is 0.533. The van der Waals surface area contributed by atoms with Gasteiger partial charge in [-0.2, -0.15) is 4.98 Å². The Hall–Kier alpha value is -2.35. The summed E-state index contributed by atoms with van der Waals surface area (Å²) in [5.74, 6) is 1.54. The summed E-state index contributed by atoms with van der Waals surface area (Å²) in [5, 5.41) is 4.01. The van der Waals surface area contributed by atoms with Gasteiger partial charge in [-0.15, -0.1) is 0 Å². The molecule has 2 aromatic rings. The Bertz CT molecular complexity index is 698. The van der Waals surface area contributed by atoms with Crippen molar-refractivity contribution in [3.05, 3.63) is 24.2 Å². The number of piperidine rings is 1. The first kappa shape index (κ1) is 14.3. The molecular weight excluding hydrogens is 300 g/mol. The summed E-state index contributed by atoms with van der Waals surface area (Å²) in [7, 11) is 1.77. The number of aromatic nitrogens is 2. The molecule has 1 spiro atoms. The van der Waals surface area contributed by atoms with Crippen LogP contribution in [-0.2, 0) is 11.3 Å². The van der Waals surface area contributed by atoms with Crippen molar-refractivity contribution in [1.29, 1.82) is 0 Å². The largest absolute Gasteiger partial charge is 0.459 e.